The number of ether oxygens (including phenoxy) is 2. The standard InChI is InChI=1S/C16H16O2/c1-12-16(18-12)14-8-5-9-15(10-14)17-11-13-6-3-2-4-7-13/h2-10,12,16H,11H2,1H3. The number of hydrogen-bond donors (Lipinski definition) is 0. The van der Waals surface area contributed by atoms with E-state index in [1.165, 1.54) is 11.1 Å². The number of rotatable bonds is 4. The molecule has 1 saturated heterocycles. The molecule has 2 aromatic carbocycles. The lowest BCUT2D eigenvalue weighted by molar-refractivity contribution is 0.305. The van der Waals surface area contributed by atoms with E-state index in [1.807, 2.05) is 30.3 Å². The molecule has 0 bridgehead atoms. The van der Waals surface area contributed by atoms with Gasteiger partial charge in [-0.05, 0) is 30.2 Å². The summed E-state index contributed by atoms with van der Waals surface area (Å²) in [4.78, 5) is 0. The molecule has 2 aromatic rings. The van der Waals surface area contributed by atoms with Gasteiger partial charge < -0.3 is 9.47 Å². The van der Waals surface area contributed by atoms with Crippen LogP contribution in [0.25, 0.3) is 0 Å². The Hall–Kier alpha value is -1.80. The van der Waals surface area contributed by atoms with Gasteiger partial charge in [0.15, 0.2) is 0 Å². The Labute approximate surface area is 107 Å². The molecular formula is C16H16O2. The molecule has 0 amide bonds. The lowest BCUT2D eigenvalue weighted by atomic mass is 10.1. The van der Waals surface area contributed by atoms with Crippen molar-refractivity contribution < 1.29 is 9.47 Å². The summed E-state index contributed by atoms with van der Waals surface area (Å²) in [5.74, 6) is 0.902. The molecule has 1 fully saturated rings. The minimum Gasteiger partial charge on any atom is -0.489 e. The maximum atomic E-state index is 5.79. The molecule has 0 radical (unpaired) electrons. The van der Waals surface area contributed by atoms with Crippen LogP contribution >= 0.6 is 0 Å². The third kappa shape index (κ3) is 2.54. The van der Waals surface area contributed by atoms with Crippen LogP contribution in [0.15, 0.2) is 54.6 Å². The maximum absolute atomic E-state index is 5.79. The van der Waals surface area contributed by atoms with Crippen LogP contribution in [-0.2, 0) is 11.3 Å². The first kappa shape index (κ1) is 11.3. The van der Waals surface area contributed by atoms with Gasteiger partial charge in [0.2, 0.25) is 0 Å². The zero-order chi connectivity index (χ0) is 12.4. The van der Waals surface area contributed by atoms with E-state index in [2.05, 4.69) is 31.2 Å². The summed E-state index contributed by atoms with van der Waals surface area (Å²) in [6, 6.07) is 18.3. The highest BCUT2D eigenvalue weighted by molar-refractivity contribution is 5.32. The first-order chi connectivity index (χ1) is 8.83. The summed E-state index contributed by atoms with van der Waals surface area (Å²) in [6.07, 6.45) is 0.597. The first-order valence-corrected chi connectivity index (χ1v) is 6.25. The number of epoxide rings is 1. The normalized spacial score (nSPS) is 21.6. The lowest BCUT2D eigenvalue weighted by Gasteiger charge is -2.07. The van der Waals surface area contributed by atoms with Gasteiger partial charge >= 0.3 is 0 Å². The third-order valence-electron chi connectivity index (χ3n) is 3.15. The molecule has 1 aliphatic rings. The fourth-order valence-electron chi connectivity index (χ4n) is 2.06. The smallest absolute Gasteiger partial charge is 0.120 e. The zero-order valence-corrected chi connectivity index (χ0v) is 10.4. The van der Waals surface area contributed by atoms with Crippen molar-refractivity contribution in [2.75, 3.05) is 0 Å². The van der Waals surface area contributed by atoms with E-state index in [-0.39, 0.29) is 6.10 Å². The Morgan fingerprint density at radius 2 is 1.83 bits per heavy atom. The number of hydrogen-bond acceptors (Lipinski definition) is 2. The second-order valence-corrected chi connectivity index (χ2v) is 4.61. The molecule has 0 saturated carbocycles. The van der Waals surface area contributed by atoms with Gasteiger partial charge in [0, 0.05) is 0 Å². The van der Waals surface area contributed by atoms with Crippen molar-refractivity contribution in [3.05, 3.63) is 65.7 Å². The summed E-state index contributed by atoms with van der Waals surface area (Å²) < 4.78 is 11.3. The van der Waals surface area contributed by atoms with E-state index >= 15 is 0 Å². The van der Waals surface area contributed by atoms with E-state index < -0.39 is 0 Å². The maximum Gasteiger partial charge on any atom is 0.120 e. The predicted octanol–water partition coefficient (Wildman–Crippen LogP) is 3.73. The van der Waals surface area contributed by atoms with Crippen molar-refractivity contribution in [3.8, 4) is 5.75 Å². The molecule has 1 heterocycles. The molecule has 1 aliphatic heterocycles. The summed E-state index contributed by atoms with van der Waals surface area (Å²) in [5, 5.41) is 0. The summed E-state index contributed by atoms with van der Waals surface area (Å²) in [5.41, 5.74) is 2.38. The Morgan fingerprint density at radius 3 is 2.56 bits per heavy atom. The summed E-state index contributed by atoms with van der Waals surface area (Å²) in [7, 11) is 0. The predicted molar refractivity (Wildman–Crippen MR) is 70.5 cm³/mol. The van der Waals surface area contributed by atoms with Crippen LogP contribution in [0.4, 0.5) is 0 Å². The molecule has 0 spiro atoms. The minimum absolute atomic E-state index is 0.255. The van der Waals surface area contributed by atoms with Gasteiger partial charge in [0.25, 0.3) is 0 Å². The van der Waals surface area contributed by atoms with Crippen molar-refractivity contribution in [1.29, 1.82) is 0 Å². The quantitative estimate of drug-likeness (QED) is 0.760. The molecule has 2 heteroatoms. The Morgan fingerprint density at radius 1 is 1.06 bits per heavy atom. The van der Waals surface area contributed by atoms with Crippen LogP contribution in [0.2, 0.25) is 0 Å². The monoisotopic (exact) mass is 240 g/mol. The van der Waals surface area contributed by atoms with Crippen molar-refractivity contribution in [1.82, 2.24) is 0 Å². The molecule has 3 rings (SSSR count). The van der Waals surface area contributed by atoms with Gasteiger partial charge in [0.1, 0.15) is 18.5 Å². The van der Waals surface area contributed by atoms with Gasteiger partial charge in [-0.1, -0.05) is 42.5 Å². The zero-order valence-electron chi connectivity index (χ0n) is 10.4. The largest absolute Gasteiger partial charge is 0.489 e. The molecule has 2 nitrogen and oxygen atoms in total. The molecule has 2 unspecified atom stereocenters. The van der Waals surface area contributed by atoms with Gasteiger partial charge in [-0.2, -0.15) is 0 Å². The highest BCUT2D eigenvalue weighted by Crippen LogP contribution is 2.39. The van der Waals surface area contributed by atoms with Crippen LogP contribution in [0, 0.1) is 0 Å². The van der Waals surface area contributed by atoms with Crippen molar-refractivity contribution in [2.45, 2.75) is 25.7 Å². The van der Waals surface area contributed by atoms with E-state index in [0.29, 0.717) is 12.7 Å². The van der Waals surface area contributed by atoms with E-state index in [0.717, 1.165) is 5.75 Å². The highest BCUT2D eigenvalue weighted by Gasteiger charge is 2.35. The van der Waals surface area contributed by atoms with Crippen LogP contribution < -0.4 is 4.74 Å². The van der Waals surface area contributed by atoms with Crippen LogP contribution in [0.3, 0.4) is 0 Å². The van der Waals surface area contributed by atoms with Crippen molar-refractivity contribution in [2.24, 2.45) is 0 Å². The Bertz CT molecular complexity index is 522. The summed E-state index contributed by atoms with van der Waals surface area (Å²) >= 11 is 0. The van der Waals surface area contributed by atoms with E-state index in [9.17, 15) is 0 Å². The molecule has 0 aliphatic carbocycles. The van der Waals surface area contributed by atoms with E-state index in [1.54, 1.807) is 0 Å². The molecule has 0 aromatic heterocycles. The number of benzene rings is 2. The van der Waals surface area contributed by atoms with Gasteiger partial charge in [0.05, 0.1) is 6.10 Å². The van der Waals surface area contributed by atoms with Gasteiger partial charge in [-0.3, -0.25) is 0 Å². The molecule has 18 heavy (non-hydrogen) atoms. The average molecular weight is 240 g/mol. The molecule has 92 valence electrons. The second kappa shape index (κ2) is 4.83. The highest BCUT2D eigenvalue weighted by atomic mass is 16.6. The van der Waals surface area contributed by atoms with Crippen LogP contribution in [0.1, 0.15) is 24.2 Å². The fraction of sp³-hybridized carbons (Fsp3) is 0.250. The van der Waals surface area contributed by atoms with Gasteiger partial charge in [-0.25, -0.2) is 0 Å². The van der Waals surface area contributed by atoms with Crippen molar-refractivity contribution in [3.63, 3.8) is 0 Å². The Balaban J connectivity index is 1.66. The summed E-state index contributed by atoms with van der Waals surface area (Å²) in [6.45, 7) is 2.69. The second-order valence-electron chi connectivity index (χ2n) is 4.61. The topological polar surface area (TPSA) is 21.8 Å². The minimum atomic E-state index is 0.255. The SMILES string of the molecule is CC1OC1c1cccc(OCc2ccccc2)c1. The first-order valence-electron chi connectivity index (χ1n) is 6.25. The van der Waals surface area contributed by atoms with Crippen molar-refractivity contribution >= 4 is 0 Å². The molecule has 0 N–H and O–H groups in total. The molecule has 2 atom stereocenters. The van der Waals surface area contributed by atoms with E-state index in [4.69, 9.17) is 9.47 Å². The Kier molecular flexibility index (Phi) is 3.03. The lowest BCUT2D eigenvalue weighted by Crippen LogP contribution is -1.95. The van der Waals surface area contributed by atoms with Crippen LogP contribution in [-0.4, -0.2) is 6.10 Å². The average Bonchev–Trinajstić information content (AvgIpc) is 3.15. The molecular weight excluding hydrogens is 224 g/mol. The van der Waals surface area contributed by atoms with Crippen LogP contribution in [0.5, 0.6) is 5.75 Å². The third-order valence-corrected chi connectivity index (χ3v) is 3.15. The fourth-order valence-corrected chi connectivity index (χ4v) is 2.06. The van der Waals surface area contributed by atoms with Gasteiger partial charge in [-0.15, -0.1) is 0 Å².